The summed E-state index contributed by atoms with van der Waals surface area (Å²) in [6.07, 6.45) is 1.68. The van der Waals surface area contributed by atoms with Gasteiger partial charge in [0.15, 0.2) is 0 Å². The van der Waals surface area contributed by atoms with Crippen molar-refractivity contribution in [3.63, 3.8) is 0 Å². The number of methoxy groups -OCH3 is 1. The molecule has 0 spiro atoms. The number of carbonyl (C=O) groups is 1. The van der Waals surface area contributed by atoms with Crippen molar-refractivity contribution < 1.29 is 9.53 Å². The van der Waals surface area contributed by atoms with Crippen molar-refractivity contribution >= 4 is 28.2 Å². The molecule has 2 aromatic carbocycles. The summed E-state index contributed by atoms with van der Waals surface area (Å²) in [5, 5.41) is 5.16. The molecular formula is C22H24N4O2. The molecule has 0 unspecified atom stereocenters. The number of hydrogen-bond acceptors (Lipinski definition) is 5. The predicted octanol–water partition coefficient (Wildman–Crippen LogP) is 3.37. The first-order chi connectivity index (χ1) is 13.7. The second-order valence-corrected chi connectivity index (χ2v) is 6.99. The van der Waals surface area contributed by atoms with Crippen LogP contribution in [0.4, 0.5) is 11.5 Å². The van der Waals surface area contributed by atoms with E-state index in [9.17, 15) is 4.79 Å². The van der Waals surface area contributed by atoms with Crippen LogP contribution in [0.25, 0.3) is 10.8 Å². The lowest BCUT2D eigenvalue weighted by Crippen LogP contribution is -2.47. The van der Waals surface area contributed by atoms with Crippen LogP contribution in [0.1, 0.15) is 10.4 Å². The van der Waals surface area contributed by atoms with Crippen molar-refractivity contribution in [2.24, 2.45) is 0 Å². The van der Waals surface area contributed by atoms with E-state index in [0.717, 1.165) is 48.4 Å². The number of anilines is 2. The van der Waals surface area contributed by atoms with Gasteiger partial charge >= 0.3 is 0 Å². The highest BCUT2D eigenvalue weighted by molar-refractivity contribution is 6.09. The highest BCUT2D eigenvalue weighted by atomic mass is 16.5. The minimum Gasteiger partial charge on any atom is -0.495 e. The van der Waals surface area contributed by atoms with Gasteiger partial charge in [-0.1, -0.05) is 36.4 Å². The Hall–Kier alpha value is -3.12. The standard InChI is InChI=1S/C22H24N4O2/c1-25-11-13-26(14-12-25)22(27)18-15-23-21(17-8-4-3-7-16(17)18)24-19-9-5-6-10-20(19)28-2/h3-10,15H,11-14H2,1-2H3,(H,23,24). The van der Waals surface area contributed by atoms with Crippen molar-refractivity contribution in [2.45, 2.75) is 0 Å². The number of ether oxygens (including phenoxy) is 1. The zero-order valence-corrected chi connectivity index (χ0v) is 16.2. The molecule has 3 aromatic rings. The molecule has 0 atom stereocenters. The van der Waals surface area contributed by atoms with Gasteiger partial charge < -0.3 is 19.9 Å². The Balaban J connectivity index is 1.70. The molecule has 144 valence electrons. The van der Waals surface area contributed by atoms with E-state index in [1.807, 2.05) is 53.4 Å². The van der Waals surface area contributed by atoms with Crippen molar-refractivity contribution in [2.75, 3.05) is 45.7 Å². The lowest BCUT2D eigenvalue weighted by atomic mass is 10.1. The second-order valence-electron chi connectivity index (χ2n) is 6.99. The molecule has 0 aliphatic carbocycles. The maximum absolute atomic E-state index is 13.1. The molecule has 1 aliphatic rings. The molecular weight excluding hydrogens is 352 g/mol. The highest BCUT2D eigenvalue weighted by Crippen LogP contribution is 2.31. The number of nitrogens with one attached hydrogen (secondary N) is 1. The average molecular weight is 376 g/mol. The monoisotopic (exact) mass is 376 g/mol. The largest absolute Gasteiger partial charge is 0.495 e. The number of carbonyl (C=O) groups excluding carboxylic acids is 1. The Morgan fingerprint density at radius 2 is 1.68 bits per heavy atom. The summed E-state index contributed by atoms with van der Waals surface area (Å²) in [5.74, 6) is 1.49. The highest BCUT2D eigenvalue weighted by Gasteiger charge is 2.23. The summed E-state index contributed by atoms with van der Waals surface area (Å²) >= 11 is 0. The van der Waals surface area contributed by atoms with Gasteiger partial charge in [0.1, 0.15) is 11.6 Å². The van der Waals surface area contributed by atoms with E-state index in [4.69, 9.17) is 4.74 Å². The minimum absolute atomic E-state index is 0.0423. The van der Waals surface area contributed by atoms with Crippen LogP contribution in [0.5, 0.6) is 5.75 Å². The van der Waals surface area contributed by atoms with Gasteiger partial charge in [-0.2, -0.15) is 0 Å². The van der Waals surface area contributed by atoms with E-state index < -0.39 is 0 Å². The van der Waals surface area contributed by atoms with Crippen LogP contribution in [-0.2, 0) is 0 Å². The van der Waals surface area contributed by atoms with Gasteiger partial charge in [0.05, 0.1) is 18.4 Å². The molecule has 1 amide bonds. The second kappa shape index (κ2) is 7.86. The summed E-state index contributed by atoms with van der Waals surface area (Å²) in [5.41, 5.74) is 1.48. The number of amides is 1. The van der Waals surface area contributed by atoms with Gasteiger partial charge in [-0.05, 0) is 24.6 Å². The fourth-order valence-electron chi connectivity index (χ4n) is 3.52. The summed E-state index contributed by atoms with van der Waals surface area (Å²) < 4.78 is 5.42. The van der Waals surface area contributed by atoms with Crippen molar-refractivity contribution in [1.29, 1.82) is 0 Å². The Bertz CT molecular complexity index is 997. The summed E-state index contributed by atoms with van der Waals surface area (Å²) in [6.45, 7) is 3.27. The predicted molar refractivity (Wildman–Crippen MR) is 111 cm³/mol. The van der Waals surface area contributed by atoms with E-state index in [1.54, 1.807) is 13.3 Å². The molecule has 1 aliphatic heterocycles. The summed E-state index contributed by atoms with van der Waals surface area (Å²) in [4.78, 5) is 21.9. The van der Waals surface area contributed by atoms with Gasteiger partial charge in [0.25, 0.3) is 5.91 Å². The van der Waals surface area contributed by atoms with Gasteiger partial charge in [-0.25, -0.2) is 4.98 Å². The molecule has 2 heterocycles. The van der Waals surface area contributed by atoms with Gasteiger partial charge in [0, 0.05) is 37.8 Å². The van der Waals surface area contributed by atoms with E-state index >= 15 is 0 Å². The Morgan fingerprint density at radius 1 is 1.00 bits per heavy atom. The first-order valence-electron chi connectivity index (χ1n) is 9.43. The third kappa shape index (κ3) is 3.51. The maximum Gasteiger partial charge on any atom is 0.256 e. The molecule has 1 saturated heterocycles. The van der Waals surface area contributed by atoms with Gasteiger partial charge in [-0.3, -0.25) is 4.79 Å². The van der Waals surface area contributed by atoms with Gasteiger partial charge in [0.2, 0.25) is 0 Å². The van der Waals surface area contributed by atoms with Crippen LogP contribution in [0, 0.1) is 0 Å². The smallest absolute Gasteiger partial charge is 0.256 e. The fraction of sp³-hybridized carbons (Fsp3) is 0.273. The molecule has 6 nitrogen and oxygen atoms in total. The first-order valence-corrected chi connectivity index (χ1v) is 9.43. The molecule has 0 bridgehead atoms. The zero-order chi connectivity index (χ0) is 19.5. The van der Waals surface area contributed by atoms with Crippen LogP contribution in [0.15, 0.2) is 54.7 Å². The Labute approximate surface area is 164 Å². The molecule has 1 N–H and O–H groups in total. The fourth-order valence-corrected chi connectivity index (χ4v) is 3.52. The van der Waals surface area contributed by atoms with Crippen LogP contribution < -0.4 is 10.1 Å². The van der Waals surface area contributed by atoms with Crippen LogP contribution in [0.3, 0.4) is 0 Å². The van der Waals surface area contributed by atoms with Crippen LogP contribution in [0.2, 0.25) is 0 Å². The topological polar surface area (TPSA) is 57.7 Å². The number of nitrogens with zero attached hydrogens (tertiary/aromatic N) is 3. The van der Waals surface area contributed by atoms with Crippen LogP contribution >= 0.6 is 0 Å². The number of rotatable bonds is 4. The number of hydrogen-bond donors (Lipinski definition) is 1. The number of piperazine rings is 1. The lowest BCUT2D eigenvalue weighted by molar-refractivity contribution is 0.0665. The summed E-state index contributed by atoms with van der Waals surface area (Å²) in [7, 11) is 3.72. The Kier molecular flexibility index (Phi) is 5.12. The van der Waals surface area contributed by atoms with Crippen LogP contribution in [-0.4, -0.2) is 61.0 Å². The molecule has 4 rings (SSSR count). The molecule has 28 heavy (non-hydrogen) atoms. The zero-order valence-electron chi connectivity index (χ0n) is 16.2. The normalized spacial score (nSPS) is 14.9. The van der Waals surface area contributed by atoms with E-state index in [-0.39, 0.29) is 5.91 Å². The summed E-state index contributed by atoms with van der Waals surface area (Å²) in [6, 6.07) is 15.6. The van der Waals surface area contributed by atoms with Gasteiger partial charge in [-0.15, -0.1) is 0 Å². The molecule has 0 radical (unpaired) electrons. The van der Waals surface area contributed by atoms with E-state index in [2.05, 4.69) is 22.2 Å². The number of likely N-dealkylation sites (N-methyl/N-ethyl adjacent to an activating group) is 1. The average Bonchev–Trinajstić information content (AvgIpc) is 2.74. The number of aromatic nitrogens is 1. The number of fused-ring (bicyclic) bond motifs is 1. The van der Waals surface area contributed by atoms with Crippen molar-refractivity contribution in [3.05, 3.63) is 60.3 Å². The third-order valence-electron chi connectivity index (χ3n) is 5.18. The van der Waals surface area contributed by atoms with Crippen molar-refractivity contribution in [1.82, 2.24) is 14.8 Å². The lowest BCUT2D eigenvalue weighted by Gasteiger charge is -2.32. The molecule has 1 aromatic heterocycles. The SMILES string of the molecule is COc1ccccc1Nc1ncc(C(=O)N2CCN(C)CC2)c2ccccc12. The quantitative estimate of drug-likeness (QED) is 0.757. The van der Waals surface area contributed by atoms with Crippen molar-refractivity contribution in [3.8, 4) is 5.75 Å². The minimum atomic E-state index is 0.0423. The number of pyridine rings is 1. The molecule has 6 heteroatoms. The van der Waals surface area contributed by atoms with E-state index in [1.165, 1.54) is 0 Å². The molecule has 0 saturated carbocycles. The van der Waals surface area contributed by atoms with E-state index in [0.29, 0.717) is 11.4 Å². The first kappa shape index (κ1) is 18.3. The number of benzene rings is 2. The third-order valence-corrected chi connectivity index (χ3v) is 5.18. The molecule has 1 fully saturated rings. The Morgan fingerprint density at radius 3 is 2.43 bits per heavy atom. The maximum atomic E-state index is 13.1. The number of para-hydroxylation sites is 2.